The van der Waals surface area contributed by atoms with Crippen molar-refractivity contribution in [1.82, 2.24) is 10.3 Å². The van der Waals surface area contributed by atoms with Gasteiger partial charge in [-0.1, -0.05) is 36.4 Å². The van der Waals surface area contributed by atoms with Crippen molar-refractivity contribution in [3.8, 4) is 17.2 Å². The van der Waals surface area contributed by atoms with Gasteiger partial charge in [-0.3, -0.25) is 4.98 Å². The van der Waals surface area contributed by atoms with E-state index in [-0.39, 0.29) is 6.10 Å². The van der Waals surface area contributed by atoms with Gasteiger partial charge in [0.15, 0.2) is 11.5 Å². The number of fused-ring (bicyclic) bond motifs is 1. The highest BCUT2D eigenvalue weighted by atomic mass is 16.6. The van der Waals surface area contributed by atoms with Crippen molar-refractivity contribution in [2.24, 2.45) is 0 Å². The van der Waals surface area contributed by atoms with Gasteiger partial charge in [-0.05, 0) is 30.3 Å². The first kappa shape index (κ1) is 17.4. The second kappa shape index (κ2) is 8.56. The molecule has 5 nitrogen and oxygen atoms in total. The zero-order valence-corrected chi connectivity index (χ0v) is 15.0. The van der Waals surface area contributed by atoms with Crippen LogP contribution in [0.1, 0.15) is 11.3 Å². The summed E-state index contributed by atoms with van der Waals surface area (Å²) < 4.78 is 17.7. The number of nitrogens with zero attached hydrogens (tertiary/aromatic N) is 1. The standard InChI is InChI=1S/C22H22N2O3/c1-2-9-20(25-15-18-8-5-6-12-24-18)17(7-1)13-23-14-19-16-26-21-10-3-4-11-22(21)27-19/h1-12,19,23H,13-16H2/t19-/m1/s1. The van der Waals surface area contributed by atoms with E-state index in [0.717, 1.165) is 28.5 Å². The SMILES string of the molecule is c1ccc(COc2ccccc2CNC[C@@H]2COc3ccccc3O2)nc1. The molecule has 1 N–H and O–H groups in total. The number of benzene rings is 2. The number of aromatic nitrogens is 1. The van der Waals surface area contributed by atoms with E-state index in [2.05, 4.69) is 16.4 Å². The van der Waals surface area contributed by atoms with Crippen LogP contribution in [-0.4, -0.2) is 24.2 Å². The summed E-state index contributed by atoms with van der Waals surface area (Å²) in [6.07, 6.45) is 1.76. The lowest BCUT2D eigenvalue weighted by Crippen LogP contribution is -2.38. The number of rotatable bonds is 7. The molecule has 5 heteroatoms. The summed E-state index contributed by atoms with van der Waals surface area (Å²) >= 11 is 0. The van der Waals surface area contributed by atoms with E-state index >= 15 is 0 Å². The third kappa shape index (κ3) is 4.57. The van der Waals surface area contributed by atoms with Gasteiger partial charge in [0.2, 0.25) is 0 Å². The van der Waals surface area contributed by atoms with E-state index in [4.69, 9.17) is 14.2 Å². The zero-order chi connectivity index (χ0) is 18.3. The van der Waals surface area contributed by atoms with Gasteiger partial charge in [0.1, 0.15) is 25.1 Å². The van der Waals surface area contributed by atoms with Crippen LogP contribution in [0.5, 0.6) is 17.2 Å². The van der Waals surface area contributed by atoms with Gasteiger partial charge in [0.25, 0.3) is 0 Å². The van der Waals surface area contributed by atoms with Crippen molar-refractivity contribution in [1.29, 1.82) is 0 Å². The molecule has 0 amide bonds. The van der Waals surface area contributed by atoms with Gasteiger partial charge in [0, 0.05) is 24.8 Å². The van der Waals surface area contributed by atoms with Crippen LogP contribution in [0, 0.1) is 0 Å². The minimum Gasteiger partial charge on any atom is -0.487 e. The van der Waals surface area contributed by atoms with Crippen molar-refractivity contribution >= 4 is 0 Å². The van der Waals surface area contributed by atoms with Gasteiger partial charge in [0.05, 0.1) is 5.69 Å². The van der Waals surface area contributed by atoms with E-state index in [1.807, 2.05) is 60.7 Å². The molecule has 0 radical (unpaired) electrons. The van der Waals surface area contributed by atoms with Gasteiger partial charge in [-0.15, -0.1) is 0 Å². The summed E-state index contributed by atoms with van der Waals surface area (Å²) in [5.41, 5.74) is 2.01. The maximum Gasteiger partial charge on any atom is 0.161 e. The highest BCUT2D eigenvalue weighted by Crippen LogP contribution is 2.30. The number of ether oxygens (including phenoxy) is 3. The topological polar surface area (TPSA) is 52.6 Å². The molecule has 0 bridgehead atoms. The molecule has 2 aromatic carbocycles. The summed E-state index contributed by atoms with van der Waals surface area (Å²) in [6, 6.07) is 21.6. The van der Waals surface area contributed by atoms with Crippen molar-refractivity contribution in [2.75, 3.05) is 13.2 Å². The van der Waals surface area contributed by atoms with Crippen LogP contribution in [-0.2, 0) is 13.2 Å². The summed E-state index contributed by atoms with van der Waals surface area (Å²) in [5, 5.41) is 3.44. The summed E-state index contributed by atoms with van der Waals surface area (Å²) in [5.74, 6) is 2.47. The number of hydrogen-bond acceptors (Lipinski definition) is 5. The lowest BCUT2D eigenvalue weighted by Gasteiger charge is -2.26. The van der Waals surface area contributed by atoms with Gasteiger partial charge >= 0.3 is 0 Å². The molecular weight excluding hydrogens is 340 g/mol. The number of para-hydroxylation sites is 3. The van der Waals surface area contributed by atoms with Crippen molar-refractivity contribution < 1.29 is 14.2 Å². The lowest BCUT2D eigenvalue weighted by molar-refractivity contribution is 0.0901. The van der Waals surface area contributed by atoms with Crippen molar-refractivity contribution in [3.63, 3.8) is 0 Å². The van der Waals surface area contributed by atoms with E-state index < -0.39 is 0 Å². The molecule has 0 saturated carbocycles. The highest BCUT2D eigenvalue weighted by molar-refractivity contribution is 5.40. The maximum atomic E-state index is 5.98. The summed E-state index contributed by atoms with van der Waals surface area (Å²) in [7, 11) is 0. The Balaban J connectivity index is 1.30. The molecule has 0 fully saturated rings. The third-order valence-corrected chi connectivity index (χ3v) is 4.33. The van der Waals surface area contributed by atoms with Crippen LogP contribution in [0.4, 0.5) is 0 Å². The van der Waals surface area contributed by atoms with Crippen LogP contribution < -0.4 is 19.5 Å². The molecule has 0 saturated heterocycles. The second-order valence-electron chi connectivity index (χ2n) is 6.35. The first-order chi connectivity index (χ1) is 13.4. The smallest absolute Gasteiger partial charge is 0.161 e. The second-order valence-corrected chi connectivity index (χ2v) is 6.35. The van der Waals surface area contributed by atoms with Crippen LogP contribution in [0.25, 0.3) is 0 Å². The molecule has 1 aliphatic heterocycles. The molecule has 0 unspecified atom stereocenters. The van der Waals surface area contributed by atoms with E-state index in [9.17, 15) is 0 Å². The monoisotopic (exact) mass is 362 g/mol. The zero-order valence-electron chi connectivity index (χ0n) is 15.0. The molecule has 1 aromatic heterocycles. The largest absolute Gasteiger partial charge is 0.487 e. The molecule has 0 aliphatic carbocycles. The molecule has 3 aromatic rings. The molecule has 1 aliphatic rings. The first-order valence-electron chi connectivity index (χ1n) is 9.08. The Hall–Kier alpha value is -3.05. The molecule has 0 spiro atoms. The number of pyridine rings is 1. The fourth-order valence-corrected chi connectivity index (χ4v) is 2.96. The van der Waals surface area contributed by atoms with Crippen LogP contribution in [0.3, 0.4) is 0 Å². The minimum atomic E-state index is -0.0125. The van der Waals surface area contributed by atoms with Crippen LogP contribution in [0.2, 0.25) is 0 Å². The van der Waals surface area contributed by atoms with Gasteiger partial charge in [-0.25, -0.2) is 0 Å². The Morgan fingerprint density at radius 1 is 0.963 bits per heavy atom. The predicted molar refractivity (Wildman–Crippen MR) is 103 cm³/mol. The fraction of sp³-hybridized carbons (Fsp3) is 0.227. The van der Waals surface area contributed by atoms with Gasteiger partial charge in [-0.2, -0.15) is 0 Å². The van der Waals surface area contributed by atoms with Crippen molar-refractivity contribution in [3.05, 3.63) is 84.2 Å². The first-order valence-corrected chi connectivity index (χ1v) is 9.08. The number of nitrogens with one attached hydrogen (secondary N) is 1. The van der Waals surface area contributed by atoms with Crippen molar-refractivity contribution in [2.45, 2.75) is 19.3 Å². The normalized spacial score (nSPS) is 15.3. The Labute approximate surface area is 158 Å². The quantitative estimate of drug-likeness (QED) is 0.696. The van der Waals surface area contributed by atoms with E-state index in [0.29, 0.717) is 26.3 Å². The molecular formula is C22H22N2O3. The Morgan fingerprint density at radius 2 is 1.78 bits per heavy atom. The molecule has 27 heavy (non-hydrogen) atoms. The Morgan fingerprint density at radius 3 is 2.67 bits per heavy atom. The lowest BCUT2D eigenvalue weighted by atomic mass is 10.2. The summed E-state index contributed by atoms with van der Waals surface area (Å²) in [6.45, 7) is 2.39. The third-order valence-electron chi connectivity index (χ3n) is 4.33. The van der Waals surface area contributed by atoms with Crippen LogP contribution in [0.15, 0.2) is 72.9 Å². The Kier molecular flexibility index (Phi) is 5.50. The summed E-state index contributed by atoms with van der Waals surface area (Å²) in [4.78, 5) is 4.29. The fourth-order valence-electron chi connectivity index (χ4n) is 2.96. The molecule has 138 valence electrons. The number of hydrogen-bond donors (Lipinski definition) is 1. The van der Waals surface area contributed by atoms with Crippen LogP contribution >= 0.6 is 0 Å². The average Bonchev–Trinajstić information content (AvgIpc) is 2.74. The van der Waals surface area contributed by atoms with E-state index in [1.165, 1.54) is 0 Å². The maximum absolute atomic E-state index is 5.98. The molecule has 1 atom stereocenters. The molecule has 2 heterocycles. The van der Waals surface area contributed by atoms with E-state index in [1.54, 1.807) is 6.20 Å². The molecule has 4 rings (SSSR count). The highest BCUT2D eigenvalue weighted by Gasteiger charge is 2.20. The minimum absolute atomic E-state index is 0.0125. The predicted octanol–water partition coefficient (Wildman–Crippen LogP) is 3.59. The van der Waals surface area contributed by atoms with Gasteiger partial charge < -0.3 is 19.5 Å². The Bertz CT molecular complexity index is 870. The average molecular weight is 362 g/mol.